The van der Waals surface area contributed by atoms with Crippen LogP contribution in [-0.4, -0.2) is 41.5 Å². The maximum atomic E-state index is 6.63. The molecule has 3 aliphatic rings. The summed E-state index contributed by atoms with van der Waals surface area (Å²) in [7, 11) is 2.17. The summed E-state index contributed by atoms with van der Waals surface area (Å²) >= 11 is 9.69. The van der Waals surface area contributed by atoms with Crippen molar-refractivity contribution in [3.05, 3.63) is 63.1 Å². The monoisotopic (exact) mass is 445 g/mol. The van der Waals surface area contributed by atoms with Crippen molar-refractivity contribution in [1.82, 2.24) is 9.91 Å². The third-order valence-electron chi connectivity index (χ3n) is 5.90. The molecule has 4 nitrogen and oxygen atoms in total. The maximum Gasteiger partial charge on any atom is 0.200 e. The van der Waals surface area contributed by atoms with E-state index in [1.807, 2.05) is 12.1 Å². The van der Waals surface area contributed by atoms with E-state index in [0.29, 0.717) is 0 Å². The van der Waals surface area contributed by atoms with Gasteiger partial charge in [-0.05, 0) is 42.9 Å². The van der Waals surface area contributed by atoms with Gasteiger partial charge in [0.05, 0.1) is 11.8 Å². The lowest BCUT2D eigenvalue weighted by atomic mass is 9.91. The zero-order valence-electron chi connectivity index (χ0n) is 15.2. The van der Waals surface area contributed by atoms with Gasteiger partial charge in [-0.3, -0.25) is 0 Å². The summed E-state index contributed by atoms with van der Waals surface area (Å²) in [5.74, 6) is 0.997. The Morgan fingerprint density at radius 2 is 1.89 bits per heavy atom. The van der Waals surface area contributed by atoms with Crippen LogP contribution in [0.25, 0.3) is 0 Å². The van der Waals surface area contributed by atoms with Crippen molar-refractivity contribution in [2.45, 2.75) is 31.0 Å². The number of rotatable bonds is 1. The Kier molecular flexibility index (Phi) is 4.22. The molecule has 0 N–H and O–H groups in total. The Labute approximate surface area is 172 Å². The minimum atomic E-state index is -0.355. The molecule has 1 atom stereocenters. The van der Waals surface area contributed by atoms with Crippen LogP contribution in [0.15, 0.2) is 52.0 Å². The number of piperidine rings is 1. The summed E-state index contributed by atoms with van der Waals surface area (Å²) in [6.07, 6.45) is 2.78. The first-order chi connectivity index (χ1) is 13.0. The van der Waals surface area contributed by atoms with Crippen molar-refractivity contribution < 1.29 is 4.74 Å². The number of hydrogen-bond donors (Lipinski definition) is 0. The Bertz CT molecular complexity index is 906. The number of likely N-dealkylation sites (tertiary alicyclic amines) is 1. The summed E-state index contributed by atoms with van der Waals surface area (Å²) in [5, 5.41) is 8.09. The highest BCUT2D eigenvalue weighted by atomic mass is 79.9. The Morgan fingerprint density at radius 1 is 1.15 bits per heavy atom. The topological polar surface area (TPSA) is 28.1 Å². The van der Waals surface area contributed by atoms with E-state index in [4.69, 9.17) is 21.4 Å². The van der Waals surface area contributed by atoms with Crippen molar-refractivity contribution in [3.63, 3.8) is 0 Å². The van der Waals surface area contributed by atoms with E-state index in [1.165, 1.54) is 5.56 Å². The first-order valence-corrected chi connectivity index (χ1v) is 10.5. The smallest absolute Gasteiger partial charge is 0.200 e. The molecule has 2 aromatic rings. The van der Waals surface area contributed by atoms with Gasteiger partial charge in [0.15, 0.2) is 0 Å². The van der Waals surface area contributed by atoms with Gasteiger partial charge < -0.3 is 9.64 Å². The largest absolute Gasteiger partial charge is 0.466 e. The van der Waals surface area contributed by atoms with Crippen molar-refractivity contribution in [3.8, 4) is 5.75 Å². The molecule has 0 saturated carbocycles. The van der Waals surface area contributed by atoms with Crippen LogP contribution in [0, 0.1) is 0 Å². The van der Waals surface area contributed by atoms with Crippen molar-refractivity contribution in [2.75, 3.05) is 20.1 Å². The van der Waals surface area contributed by atoms with E-state index >= 15 is 0 Å². The summed E-state index contributed by atoms with van der Waals surface area (Å²) in [6, 6.07) is 14.5. The van der Waals surface area contributed by atoms with Gasteiger partial charge in [-0.25, -0.2) is 5.01 Å². The molecule has 3 aliphatic heterocycles. The molecule has 0 amide bonds. The van der Waals surface area contributed by atoms with Gasteiger partial charge in [0.2, 0.25) is 5.72 Å². The first kappa shape index (κ1) is 17.5. The fourth-order valence-electron chi connectivity index (χ4n) is 4.37. The van der Waals surface area contributed by atoms with E-state index in [0.717, 1.165) is 58.9 Å². The zero-order chi connectivity index (χ0) is 18.6. The predicted octanol–water partition coefficient (Wildman–Crippen LogP) is 5.07. The van der Waals surface area contributed by atoms with Crippen LogP contribution in [0.5, 0.6) is 5.75 Å². The van der Waals surface area contributed by atoms with Crippen LogP contribution < -0.4 is 4.74 Å². The van der Waals surface area contributed by atoms with Crippen LogP contribution in [0.3, 0.4) is 0 Å². The lowest BCUT2D eigenvalue weighted by Crippen LogP contribution is -2.58. The standard InChI is InChI=1S/C21H21BrClN3O/c1-25-10-8-21(9-11-25)26-19(17-12-15(22)4-7-20(17)27-21)13-18(24-26)14-2-5-16(23)6-3-14/h2-7,12,19H,8-11,13H2,1H3. The average molecular weight is 447 g/mol. The van der Waals surface area contributed by atoms with Crippen molar-refractivity contribution in [1.29, 1.82) is 0 Å². The van der Waals surface area contributed by atoms with Gasteiger partial charge >= 0.3 is 0 Å². The second kappa shape index (κ2) is 6.50. The fraction of sp³-hybridized carbons (Fsp3) is 0.381. The van der Waals surface area contributed by atoms with E-state index in [-0.39, 0.29) is 11.8 Å². The zero-order valence-corrected chi connectivity index (χ0v) is 17.5. The van der Waals surface area contributed by atoms with Gasteiger partial charge in [-0.1, -0.05) is 39.7 Å². The van der Waals surface area contributed by atoms with Gasteiger partial charge in [-0.15, -0.1) is 0 Å². The highest BCUT2D eigenvalue weighted by Crippen LogP contribution is 2.50. The Morgan fingerprint density at radius 3 is 2.63 bits per heavy atom. The SMILES string of the molecule is CN1CCC2(CC1)Oc1ccc(Br)cc1C1CC(c3ccc(Cl)cc3)=NN12. The lowest BCUT2D eigenvalue weighted by Gasteiger charge is -2.50. The molecule has 140 valence electrons. The number of hydrogen-bond acceptors (Lipinski definition) is 4. The molecule has 0 aromatic heterocycles. The molecule has 1 spiro atoms. The summed E-state index contributed by atoms with van der Waals surface area (Å²) in [6.45, 7) is 2.03. The van der Waals surface area contributed by atoms with Gasteiger partial charge in [-0.2, -0.15) is 5.10 Å². The summed E-state index contributed by atoms with van der Waals surface area (Å²) in [4.78, 5) is 2.36. The minimum Gasteiger partial charge on any atom is -0.466 e. The third kappa shape index (κ3) is 2.96. The van der Waals surface area contributed by atoms with E-state index in [2.05, 4.69) is 63.2 Å². The molecule has 0 bridgehead atoms. The Hall–Kier alpha value is -1.56. The van der Waals surface area contributed by atoms with E-state index in [1.54, 1.807) is 0 Å². The molecule has 3 heterocycles. The van der Waals surface area contributed by atoms with E-state index in [9.17, 15) is 0 Å². The molecule has 2 aromatic carbocycles. The molecule has 27 heavy (non-hydrogen) atoms. The molecule has 6 heteroatoms. The minimum absolute atomic E-state index is 0.209. The summed E-state index contributed by atoms with van der Waals surface area (Å²) in [5.41, 5.74) is 3.09. The number of ether oxygens (including phenoxy) is 1. The second-order valence-electron chi connectivity index (χ2n) is 7.65. The van der Waals surface area contributed by atoms with E-state index < -0.39 is 0 Å². The van der Waals surface area contributed by atoms with Crippen LogP contribution in [0.4, 0.5) is 0 Å². The lowest BCUT2D eigenvalue weighted by molar-refractivity contribution is -0.147. The second-order valence-corrected chi connectivity index (χ2v) is 9.00. The number of hydrazone groups is 1. The van der Waals surface area contributed by atoms with Crippen LogP contribution >= 0.6 is 27.5 Å². The van der Waals surface area contributed by atoms with Crippen LogP contribution in [0.1, 0.15) is 36.4 Å². The maximum absolute atomic E-state index is 6.63. The Balaban J connectivity index is 1.58. The predicted molar refractivity (Wildman–Crippen MR) is 111 cm³/mol. The highest BCUT2D eigenvalue weighted by Gasteiger charge is 2.51. The molecular weight excluding hydrogens is 426 g/mol. The molecule has 0 radical (unpaired) electrons. The normalized spacial score (nSPS) is 23.6. The van der Waals surface area contributed by atoms with Gasteiger partial charge in [0.1, 0.15) is 5.75 Å². The molecule has 1 unspecified atom stereocenters. The number of fused-ring (bicyclic) bond motifs is 4. The molecular formula is C21H21BrClN3O. The number of benzene rings is 2. The number of nitrogens with zero attached hydrogens (tertiary/aromatic N) is 3. The van der Waals surface area contributed by atoms with Crippen molar-refractivity contribution >= 4 is 33.2 Å². The quantitative estimate of drug-likeness (QED) is 0.612. The molecule has 1 saturated heterocycles. The van der Waals surface area contributed by atoms with Crippen LogP contribution in [0.2, 0.25) is 5.02 Å². The summed E-state index contributed by atoms with van der Waals surface area (Å²) < 4.78 is 7.70. The highest BCUT2D eigenvalue weighted by molar-refractivity contribution is 9.10. The fourth-order valence-corrected chi connectivity index (χ4v) is 4.87. The third-order valence-corrected chi connectivity index (χ3v) is 6.65. The van der Waals surface area contributed by atoms with Gasteiger partial charge in [0, 0.05) is 47.4 Å². The molecule has 5 rings (SSSR count). The van der Waals surface area contributed by atoms with Crippen molar-refractivity contribution in [2.24, 2.45) is 5.10 Å². The first-order valence-electron chi connectivity index (χ1n) is 9.34. The average Bonchev–Trinajstić information content (AvgIpc) is 3.12. The van der Waals surface area contributed by atoms with Crippen LogP contribution in [-0.2, 0) is 0 Å². The molecule has 1 fully saturated rings. The number of halogens is 2. The van der Waals surface area contributed by atoms with Gasteiger partial charge in [0.25, 0.3) is 0 Å². The molecule has 0 aliphatic carbocycles.